The van der Waals surface area contributed by atoms with Crippen molar-refractivity contribution >= 4 is 15.7 Å². The number of ether oxygens (including phenoxy) is 1. The highest BCUT2D eigenvalue weighted by atomic mass is 32.2. The van der Waals surface area contributed by atoms with Crippen molar-refractivity contribution in [2.45, 2.75) is 24.6 Å². The summed E-state index contributed by atoms with van der Waals surface area (Å²) in [4.78, 5) is 24.3. The van der Waals surface area contributed by atoms with E-state index in [4.69, 9.17) is 9.94 Å². The van der Waals surface area contributed by atoms with Gasteiger partial charge in [-0.25, -0.2) is 18.3 Å². The number of nitrogens with zero attached hydrogens (tertiary/aromatic N) is 1. The van der Waals surface area contributed by atoms with E-state index in [-0.39, 0.29) is 13.0 Å². The molecule has 0 spiro atoms. The first-order valence-corrected chi connectivity index (χ1v) is 10.1. The zero-order valence-corrected chi connectivity index (χ0v) is 16.4. The molecular formula is C18H21FN2O6S. The van der Waals surface area contributed by atoms with Crippen LogP contribution in [0.5, 0.6) is 5.75 Å². The maximum absolute atomic E-state index is 13.6. The summed E-state index contributed by atoms with van der Waals surface area (Å²) in [5, 5.41) is 8.84. The Balaban J connectivity index is 2.35. The van der Waals surface area contributed by atoms with E-state index in [1.165, 1.54) is 54.5 Å². The summed E-state index contributed by atoms with van der Waals surface area (Å²) in [6.07, 6.45) is 2.06. The van der Waals surface area contributed by atoms with Gasteiger partial charge in [-0.15, -0.1) is 0 Å². The molecule has 1 aromatic carbocycles. The quantitative estimate of drug-likeness (QED) is 0.524. The molecule has 1 unspecified atom stereocenters. The minimum Gasteiger partial charge on any atom is -0.496 e. The average molecular weight is 412 g/mol. The summed E-state index contributed by atoms with van der Waals surface area (Å²) < 4.78 is 42.1. The molecule has 1 heterocycles. The number of carbonyl (C=O) groups is 1. The number of rotatable bonds is 7. The van der Waals surface area contributed by atoms with Crippen molar-refractivity contribution < 1.29 is 27.5 Å². The molecule has 2 aromatic rings. The van der Waals surface area contributed by atoms with Gasteiger partial charge in [0.25, 0.3) is 11.5 Å². The van der Waals surface area contributed by atoms with Crippen LogP contribution in [0.15, 0.2) is 41.3 Å². The Morgan fingerprint density at radius 2 is 2.00 bits per heavy atom. The van der Waals surface area contributed by atoms with Crippen molar-refractivity contribution in [3.05, 3.63) is 52.7 Å². The van der Waals surface area contributed by atoms with Crippen LogP contribution in [0.4, 0.5) is 4.39 Å². The lowest BCUT2D eigenvalue weighted by molar-refractivity contribution is -0.131. The van der Waals surface area contributed by atoms with Gasteiger partial charge in [0.05, 0.1) is 7.11 Å². The predicted octanol–water partition coefficient (Wildman–Crippen LogP) is 1.36. The number of sulfone groups is 1. The van der Waals surface area contributed by atoms with E-state index in [2.05, 4.69) is 0 Å². The number of aryl methyl sites for hydroxylation is 1. The topological polar surface area (TPSA) is 115 Å². The summed E-state index contributed by atoms with van der Waals surface area (Å²) in [5.74, 6) is -1.18. The van der Waals surface area contributed by atoms with Gasteiger partial charge in [-0.05, 0) is 43.2 Å². The van der Waals surface area contributed by atoms with Crippen LogP contribution >= 0.6 is 0 Å². The molecule has 8 nitrogen and oxygen atoms in total. The maximum atomic E-state index is 13.6. The van der Waals surface area contributed by atoms with Crippen molar-refractivity contribution in [3.63, 3.8) is 0 Å². The summed E-state index contributed by atoms with van der Waals surface area (Å²) >= 11 is 0. The van der Waals surface area contributed by atoms with Gasteiger partial charge in [0, 0.05) is 30.6 Å². The molecule has 0 aliphatic heterocycles. The van der Waals surface area contributed by atoms with Crippen LogP contribution in [-0.2, 0) is 21.2 Å². The fraction of sp³-hybridized carbons (Fsp3) is 0.333. The van der Waals surface area contributed by atoms with Crippen LogP contribution in [0.1, 0.15) is 13.3 Å². The van der Waals surface area contributed by atoms with E-state index < -0.39 is 31.9 Å². The fourth-order valence-electron chi connectivity index (χ4n) is 2.69. The molecule has 0 saturated carbocycles. The molecule has 2 rings (SSSR count). The third-order valence-electron chi connectivity index (χ3n) is 4.70. The molecule has 1 aromatic heterocycles. The number of hydrogen-bond donors (Lipinski definition) is 2. The number of hydrogen-bond acceptors (Lipinski definition) is 6. The lowest BCUT2D eigenvalue weighted by Gasteiger charge is -2.25. The molecule has 10 heteroatoms. The third-order valence-corrected chi connectivity index (χ3v) is 6.72. The Morgan fingerprint density at radius 3 is 2.54 bits per heavy atom. The highest BCUT2D eigenvalue weighted by Crippen LogP contribution is 2.30. The minimum absolute atomic E-state index is 0.0869. The van der Waals surface area contributed by atoms with Crippen LogP contribution in [0.3, 0.4) is 0 Å². The Hall–Kier alpha value is -2.72. The van der Waals surface area contributed by atoms with Crippen molar-refractivity contribution in [3.8, 4) is 16.9 Å². The van der Waals surface area contributed by atoms with Crippen molar-refractivity contribution in [2.75, 3.05) is 13.4 Å². The summed E-state index contributed by atoms with van der Waals surface area (Å²) in [5.41, 5.74) is 1.71. The lowest BCUT2D eigenvalue weighted by atomic mass is 10.0. The molecule has 28 heavy (non-hydrogen) atoms. The predicted molar refractivity (Wildman–Crippen MR) is 100 cm³/mol. The number of halogens is 1. The standard InChI is InChI=1S/C18H21FN2O6S/c1-18(17(23)20-24,28(3,25)26)7-9-21-8-6-12(10-16(21)22)14-11-13(19)4-5-15(14)27-2/h4-6,8,10-11,24H,7,9H2,1-3H3,(H,20,23). The fourth-order valence-corrected chi connectivity index (χ4v) is 3.53. The Labute approximate surface area is 161 Å². The number of amides is 1. The minimum atomic E-state index is -3.87. The molecule has 2 N–H and O–H groups in total. The van der Waals surface area contributed by atoms with Gasteiger partial charge in [-0.3, -0.25) is 14.8 Å². The summed E-state index contributed by atoms with van der Waals surface area (Å²) in [7, 11) is -2.44. The molecule has 0 aliphatic carbocycles. The molecule has 0 radical (unpaired) electrons. The number of hydroxylamine groups is 1. The monoisotopic (exact) mass is 412 g/mol. The maximum Gasteiger partial charge on any atom is 0.264 e. The van der Waals surface area contributed by atoms with Crippen molar-refractivity contribution in [2.24, 2.45) is 0 Å². The summed E-state index contributed by atoms with van der Waals surface area (Å²) in [6.45, 7) is 1.08. The summed E-state index contributed by atoms with van der Waals surface area (Å²) in [6, 6.07) is 6.75. The molecular weight excluding hydrogens is 391 g/mol. The first-order chi connectivity index (χ1) is 13.0. The van der Waals surface area contributed by atoms with Crippen molar-refractivity contribution in [1.82, 2.24) is 10.0 Å². The number of nitrogens with one attached hydrogen (secondary N) is 1. The molecule has 0 aliphatic rings. The largest absolute Gasteiger partial charge is 0.496 e. The lowest BCUT2D eigenvalue weighted by Crippen LogP contribution is -2.49. The Bertz CT molecular complexity index is 1050. The van der Waals surface area contributed by atoms with E-state index in [0.717, 1.165) is 6.26 Å². The molecule has 1 atom stereocenters. The van der Waals surface area contributed by atoms with E-state index in [1.54, 1.807) is 6.07 Å². The van der Waals surface area contributed by atoms with Gasteiger partial charge in [0.1, 0.15) is 11.6 Å². The SMILES string of the molecule is COc1ccc(F)cc1-c1ccn(CCC(C)(C(=O)NO)S(C)(=O)=O)c(=O)c1. The number of aromatic nitrogens is 1. The third kappa shape index (κ3) is 4.23. The van der Waals surface area contributed by atoms with Gasteiger partial charge < -0.3 is 9.30 Å². The second-order valence-corrected chi connectivity index (χ2v) is 8.93. The number of pyridine rings is 1. The van der Waals surface area contributed by atoms with E-state index in [0.29, 0.717) is 16.9 Å². The number of benzene rings is 1. The highest BCUT2D eigenvalue weighted by Gasteiger charge is 2.43. The first kappa shape index (κ1) is 21.6. The van der Waals surface area contributed by atoms with Crippen LogP contribution in [0.25, 0.3) is 11.1 Å². The second-order valence-electron chi connectivity index (χ2n) is 6.49. The van der Waals surface area contributed by atoms with E-state index in [1.807, 2.05) is 0 Å². The van der Waals surface area contributed by atoms with Gasteiger partial charge in [0.2, 0.25) is 0 Å². The van der Waals surface area contributed by atoms with Gasteiger partial charge in [-0.2, -0.15) is 0 Å². The smallest absolute Gasteiger partial charge is 0.264 e. The van der Waals surface area contributed by atoms with Crippen LogP contribution in [-0.4, -0.2) is 42.2 Å². The van der Waals surface area contributed by atoms with E-state index >= 15 is 0 Å². The zero-order chi connectivity index (χ0) is 21.1. The van der Waals surface area contributed by atoms with Crippen LogP contribution < -0.4 is 15.8 Å². The highest BCUT2D eigenvalue weighted by molar-refractivity contribution is 7.92. The van der Waals surface area contributed by atoms with E-state index in [9.17, 15) is 22.4 Å². The molecule has 0 fully saturated rings. The van der Waals surface area contributed by atoms with Gasteiger partial charge in [0.15, 0.2) is 14.6 Å². The van der Waals surface area contributed by atoms with Crippen LogP contribution in [0.2, 0.25) is 0 Å². The molecule has 0 saturated heterocycles. The molecule has 0 bridgehead atoms. The Kier molecular flexibility index (Phi) is 6.25. The number of carbonyl (C=O) groups excluding carboxylic acids is 1. The van der Waals surface area contributed by atoms with Crippen LogP contribution in [0, 0.1) is 5.82 Å². The first-order valence-electron chi connectivity index (χ1n) is 8.22. The van der Waals surface area contributed by atoms with Crippen molar-refractivity contribution in [1.29, 1.82) is 0 Å². The van der Waals surface area contributed by atoms with Gasteiger partial charge >= 0.3 is 0 Å². The second kappa shape index (κ2) is 8.11. The Morgan fingerprint density at radius 1 is 1.32 bits per heavy atom. The van der Waals surface area contributed by atoms with Gasteiger partial charge in [-0.1, -0.05) is 0 Å². The molecule has 152 valence electrons. The zero-order valence-electron chi connectivity index (χ0n) is 15.6. The molecule has 1 amide bonds. The average Bonchev–Trinajstić information content (AvgIpc) is 2.65. The number of methoxy groups -OCH3 is 1. The normalized spacial score (nSPS) is 13.6.